The van der Waals surface area contributed by atoms with E-state index in [2.05, 4.69) is 17.0 Å². The Morgan fingerprint density at radius 2 is 2.10 bits per heavy atom. The summed E-state index contributed by atoms with van der Waals surface area (Å²) in [5.41, 5.74) is 3.71. The molecular formula is C14H14Cl2N4. The molecule has 0 amide bonds. The standard InChI is InChI=1S/C14H14Cl2N4/c1-3-19-14-13(9(2)18-19)17-12(8-15)20(14)11-6-4-5-10(16)7-11/h4-7H,3,8H2,1-2H3. The van der Waals surface area contributed by atoms with E-state index in [-0.39, 0.29) is 0 Å². The van der Waals surface area contributed by atoms with Crippen molar-refractivity contribution in [2.24, 2.45) is 0 Å². The van der Waals surface area contributed by atoms with Gasteiger partial charge < -0.3 is 0 Å². The van der Waals surface area contributed by atoms with Gasteiger partial charge in [0.1, 0.15) is 11.3 Å². The van der Waals surface area contributed by atoms with Crippen molar-refractivity contribution in [3.8, 4) is 5.69 Å². The van der Waals surface area contributed by atoms with Gasteiger partial charge in [0.25, 0.3) is 0 Å². The number of hydrogen-bond acceptors (Lipinski definition) is 2. The largest absolute Gasteiger partial charge is 0.280 e. The minimum absolute atomic E-state index is 0.338. The van der Waals surface area contributed by atoms with Gasteiger partial charge in [-0.1, -0.05) is 17.7 Å². The third kappa shape index (κ3) is 2.00. The molecule has 0 saturated carbocycles. The van der Waals surface area contributed by atoms with E-state index in [4.69, 9.17) is 23.2 Å². The van der Waals surface area contributed by atoms with E-state index in [1.54, 1.807) is 0 Å². The summed E-state index contributed by atoms with van der Waals surface area (Å²) in [6, 6.07) is 7.66. The first-order valence-corrected chi connectivity index (χ1v) is 7.33. The third-order valence-electron chi connectivity index (χ3n) is 3.27. The van der Waals surface area contributed by atoms with Crippen LogP contribution in [0.3, 0.4) is 0 Å². The van der Waals surface area contributed by atoms with E-state index in [1.165, 1.54) is 0 Å². The van der Waals surface area contributed by atoms with Crippen LogP contribution in [0.4, 0.5) is 0 Å². The number of rotatable bonds is 3. The Morgan fingerprint density at radius 3 is 2.75 bits per heavy atom. The van der Waals surface area contributed by atoms with Crippen molar-refractivity contribution in [2.75, 3.05) is 0 Å². The van der Waals surface area contributed by atoms with Gasteiger partial charge in [0.2, 0.25) is 0 Å². The minimum atomic E-state index is 0.338. The van der Waals surface area contributed by atoms with Crippen molar-refractivity contribution in [2.45, 2.75) is 26.3 Å². The smallest absolute Gasteiger partial charge is 0.163 e. The molecular weight excluding hydrogens is 295 g/mol. The fourth-order valence-corrected chi connectivity index (χ4v) is 2.77. The van der Waals surface area contributed by atoms with Crippen LogP contribution in [0.5, 0.6) is 0 Å². The Balaban J connectivity index is 2.37. The topological polar surface area (TPSA) is 35.6 Å². The van der Waals surface area contributed by atoms with Crippen molar-refractivity contribution in [3.05, 3.63) is 40.8 Å². The zero-order valence-electron chi connectivity index (χ0n) is 11.3. The molecule has 20 heavy (non-hydrogen) atoms. The van der Waals surface area contributed by atoms with Crippen LogP contribution in [0.1, 0.15) is 18.4 Å². The van der Waals surface area contributed by atoms with Crippen LogP contribution in [0.25, 0.3) is 16.9 Å². The van der Waals surface area contributed by atoms with E-state index in [0.29, 0.717) is 10.9 Å². The average Bonchev–Trinajstić information content (AvgIpc) is 2.96. The SMILES string of the molecule is CCn1nc(C)c2nc(CCl)n(-c3cccc(Cl)c3)c21. The Labute approximate surface area is 126 Å². The molecule has 4 nitrogen and oxygen atoms in total. The van der Waals surface area contributed by atoms with Gasteiger partial charge in [-0.25, -0.2) is 9.67 Å². The van der Waals surface area contributed by atoms with E-state index in [9.17, 15) is 0 Å². The van der Waals surface area contributed by atoms with Crippen molar-refractivity contribution >= 4 is 34.4 Å². The lowest BCUT2D eigenvalue weighted by Gasteiger charge is -2.09. The number of nitrogens with zero attached hydrogens (tertiary/aromatic N) is 4. The Hall–Kier alpha value is -1.52. The lowest BCUT2D eigenvalue weighted by atomic mass is 10.3. The van der Waals surface area contributed by atoms with E-state index < -0.39 is 0 Å². The number of hydrogen-bond donors (Lipinski definition) is 0. The average molecular weight is 309 g/mol. The number of aromatic nitrogens is 4. The minimum Gasteiger partial charge on any atom is -0.280 e. The molecule has 0 radical (unpaired) electrons. The second-order valence-corrected chi connectivity index (χ2v) is 5.25. The highest BCUT2D eigenvalue weighted by Crippen LogP contribution is 2.26. The van der Waals surface area contributed by atoms with Crippen LogP contribution in [0, 0.1) is 6.92 Å². The Bertz CT molecular complexity index is 773. The summed E-state index contributed by atoms with van der Waals surface area (Å²) in [7, 11) is 0. The van der Waals surface area contributed by atoms with Crippen molar-refractivity contribution in [1.29, 1.82) is 0 Å². The lowest BCUT2D eigenvalue weighted by Crippen LogP contribution is -2.06. The number of halogens is 2. The van der Waals surface area contributed by atoms with Gasteiger partial charge in [0.05, 0.1) is 17.3 Å². The molecule has 2 heterocycles. The summed E-state index contributed by atoms with van der Waals surface area (Å²) in [6.45, 7) is 4.79. The van der Waals surface area contributed by atoms with Gasteiger partial charge in [0.15, 0.2) is 5.65 Å². The molecule has 3 aromatic rings. The summed E-state index contributed by atoms with van der Waals surface area (Å²) in [5, 5.41) is 5.19. The molecule has 1 aromatic carbocycles. The Morgan fingerprint density at radius 1 is 1.30 bits per heavy atom. The highest BCUT2D eigenvalue weighted by atomic mass is 35.5. The summed E-state index contributed by atoms with van der Waals surface area (Å²) >= 11 is 12.2. The molecule has 2 aromatic heterocycles. The molecule has 0 aliphatic heterocycles. The van der Waals surface area contributed by atoms with Gasteiger partial charge in [-0.3, -0.25) is 4.57 Å². The maximum absolute atomic E-state index is 6.10. The highest BCUT2D eigenvalue weighted by Gasteiger charge is 2.18. The zero-order valence-corrected chi connectivity index (χ0v) is 12.8. The molecule has 0 unspecified atom stereocenters. The first-order chi connectivity index (χ1) is 9.65. The predicted octanol–water partition coefficient (Wildman–Crippen LogP) is 3.94. The normalized spacial score (nSPS) is 11.4. The van der Waals surface area contributed by atoms with Crippen molar-refractivity contribution in [1.82, 2.24) is 19.3 Å². The molecule has 3 rings (SSSR count). The van der Waals surface area contributed by atoms with Crippen LogP contribution in [0.15, 0.2) is 24.3 Å². The number of imidazole rings is 1. The second-order valence-electron chi connectivity index (χ2n) is 4.55. The second kappa shape index (κ2) is 5.11. The van der Waals surface area contributed by atoms with Crippen molar-refractivity contribution < 1.29 is 0 Å². The van der Waals surface area contributed by atoms with Gasteiger partial charge in [-0.2, -0.15) is 5.10 Å². The molecule has 104 valence electrons. The quantitative estimate of drug-likeness (QED) is 0.687. The number of fused-ring (bicyclic) bond motifs is 1. The van der Waals surface area contributed by atoms with Gasteiger partial charge in [0, 0.05) is 11.6 Å². The van der Waals surface area contributed by atoms with Crippen LogP contribution >= 0.6 is 23.2 Å². The summed E-state index contributed by atoms with van der Waals surface area (Å²) in [4.78, 5) is 4.61. The molecule has 0 aliphatic carbocycles. The molecule has 0 aliphatic rings. The van der Waals surface area contributed by atoms with Crippen LogP contribution in [-0.4, -0.2) is 19.3 Å². The predicted molar refractivity (Wildman–Crippen MR) is 81.8 cm³/mol. The number of aryl methyl sites for hydroxylation is 2. The number of alkyl halides is 1. The summed E-state index contributed by atoms with van der Waals surface area (Å²) < 4.78 is 3.96. The molecule has 0 saturated heterocycles. The molecule has 0 N–H and O–H groups in total. The van der Waals surface area contributed by atoms with E-state index in [0.717, 1.165) is 34.9 Å². The van der Waals surface area contributed by atoms with E-state index >= 15 is 0 Å². The van der Waals surface area contributed by atoms with Crippen LogP contribution in [0.2, 0.25) is 5.02 Å². The molecule has 0 fully saturated rings. The summed E-state index contributed by atoms with van der Waals surface area (Å²) in [5.74, 6) is 1.14. The monoisotopic (exact) mass is 308 g/mol. The first kappa shape index (κ1) is 13.5. The Kier molecular flexibility index (Phi) is 3.44. The van der Waals surface area contributed by atoms with Crippen LogP contribution in [-0.2, 0) is 12.4 Å². The lowest BCUT2D eigenvalue weighted by molar-refractivity contribution is 0.660. The molecule has 0 atom stereocenters. The van der Waals surface area contributed by atoms with Crippen molar-refractivity contribution in [3.63, 3.8) is 0 Å². The molecule has 0 spiro atoms. The van der Waals surface area contributed by atoms with Gasteiger partial charge in [-0.05, 0) is 32.0 Å². The summed E-state index contributed by atoms with van der Waals surface area (Å²) in [6.07, 6.45) is 0. The number of benzene rings is 1. The molecule has 0 bridgehead atoms. The maximum atomic E-state index is 6.10. The van der Waals surface area contributed by atoms with Crippen LogP contribution < -0.4 is 0 Å². The zero-order chi connectivity index (χ0) is 14.3. The van der Waals surface area contributed by atoms with Gasteiger partial charge in [-0.15, -0.1) is 11.6 Å². The first-order valence-electron chi connectivity index (χ1n) is 6.42. The fourth-order valence-electron chi connectivity index (χ4n) is 2.41. The fraction of sp³-hybridized carbons (Fsp3) is 0.286. The third-order valence-corrected chi connectivity index (χ3v) is 3.74. The molecule has 6 heteroatoms. The highest BCUT2D eigenvalue weighted by molar-refractivity contribution is 6.30. The van der Waals surface area contributed by atoms with Gasteiger partial charge >= 0.3 is 0 Å². The maximum Gasteiger partial charge on any atom is 0.163 e. The van der Waals surface area contributed by atoms with E-state index in [1.807, 2.05) is 40.4 Å².